The highest BCUT2D eigenvalue weighted by Gasteiger charge is 2.15. The molecule has 4 aromatic rings. The largest absolute Gasteiger partial charge is 0.323 e. The lowest BCUT2D eigenvalue weighted by atomic mass is 10.0. The number of urea groups is 1. The number of benzene rings is 2. The number of carbonyl (C=O) groups excluding carboxylic acids is 1. The van der Waals surface area contributed by atoms with Crippen molar-refractivity contribution in [1.82, 2.24) is 14.8 Å². The van der Waals surface area contributed by atoms with E-state index in [1.165, 1.54) is 6.07 Å². The molecule has 4 rings (SSSR count). The van der Waals surface area contributed by atoms with E-state index in [-0.39, 0.29) is 11.4 Å². The van der Waals surface area contributed by atoms with Crippen molar-refractivity contribution in [3.05, 3.63) is 71.8 Å². The third kappa shape index (κ3) is 5.17. The second-order valence-electron chi connectivity index (χ2n) is 7.88. The van der Waals surface area contributed by atoms with Crippen molar-refractivity contribution in [3.63, 3.8) is 0 Å². The van der Waals surface area contributed by atoms with Crippen LogP contribution in [-0.4, -0.2) is 35.5 Å². The molecule has 2 aromatic carbocycles. The second kappa shape index (κ2) is 8.62. The Morgan fingerprint density at radius 1 is 1.09 bits per heavy atom. The topological polar surface area (TPSA) is 106 Å². The number of halogens is 1. The van der Waals surface area contributed by atoms with Gasteiger partial charge in [0.2, 0.25) is 0 Å². The Morgan fingerprint density at radius 2 is 1.82 bits per heavy atom. The predicted molar refractivity (Wildman–Crippen MR) is 126 cm³/mol. The van der Waals surface area contributed by atoms with Gasteiger partial charge in [0.15, 0.2) is 15.5 Å². The van der Waals surface area contributed by atoms with Crippen molar-refractivity contribution >= 4 is 38.3 Å². The van der Waals surface area contributed by atoms with Crippen LogP contribution in [0.3, 0.4) is 0 Å². The van der Waals surface area contributed by atoms with Crippen molar-refractivity contribution in [1.29, 1.82) is 0 Å². The van der Waals surface area contributed by atoms with E-state index in [0.29, 0.717) is 17.0 Å². The Hall–Kier alpha value is -3.79. The summed E-state index contributed by atoms with van der Waals surface area (Å²) in [4.78, 5) is 16.7. The Morgan fingerprint density at radius 3 is 2.52 bits per heavy atom. The maximum Gasteiger partial charge on any atom is 0.323 e. The van der Waals surface area contributed by atoms with Crippen LogP contribution in [0.4, 0.5) is 20.6 Å². The number of sulfone groups is 1. The van der Waals surface area contributed by atoms with Crippen LogP contribution in [0.2, 0.25) is 0 Å². The van der Waals surface area contributed by atoms with Crippen molar-refractivity contribution in [3.8, 4) is 11.1 Å². The number of pyridine rings is 1. The number of hydrogen-bond donors (Lipinski definition) is 2. The van der Waals surface area contributed by atoms with Gasteiger partial charge in [-0.25, -0.2) is 22.6 Å². The first-order valence-corrected chi connectivity index (χ1v) is 12.1. The van der Waals surface area contributed by atoms with E-state index in [0.717, 1.165) is 28.3 Å². The molecule has 33 heavy (non-hydrogen) atoms. The molecule has 8 nitrogen and oxygen atoms in total. The number of nitrogens with zero attached hydrogens (tertiary/aromatic N) is 3. The van der Waals surface area contributed by atoms with E-state index in [4.69, 9.17) is 0 Å². The van der Waals surface area contributed by atoms with Gasteiger partial charge >= 0.3 is 6.03 Å². The predicted octanol–water partition coefficient (Wildman–Crippen LogP) is 4.27. The number of anilines is 2. The Bertz CT molecular complexity index is 1460. The maximum absolute atomic E-state index is 13.9. The monoisotopic (exact) mass is 467 g/mol. The summed E-state index contributed by atoms with van der Waals surface area (Å²) in [5, 5.41) is 10.2. The van der Waals surface area contributed by atoms with Crippen LogP contribution in [-0.2, 0) is 22.6 Å². The molecule has 0 aliphatic heterocycles. The highest BCUT2D eigenvalue weighted by molar-refractivity contribution is 7.89. The van der Waals surface area contributed by atoms with Crippen molar-refractivity contribution < 1.29 is 17.6 Å². The number of aromatic nitrogens is 3. The maximum atomic E-state index is 13.9. The fraction of sp³-hybridized carbons (Fsp3) is 0.174. The normalized spacial score (nSPS) is 11.5. The van der Waals surface area contributed by atoms with E-state index in [1.54, 1.807) is 67.3 Å². The highest BCUT2D eigenvalue weighted by Crippen LogP contribution is 2.30. The summed E-state index contributed by atoms with van der Waals surface area (Å²) >= 11 is 0. The number of aryl methyl sites for hydroxylation is 2. The average Bonchev–Trinajstić information content (AvgIpc) is 3.10. The van der Waals surface area contributed by atoms with Gasteiger partial charge in [-0.05, 0) is 53.9 Å². The molecule has 2 N–H and O–H groups in total. The van der Waals surface area contributed by atoms with Crippen LogP contribution in [0, 0.1) is 12.7 Å². The van der Waals surface area contributed by atoms with Crippen molar-refractivity contribution in [2.24, 2.45) is 7.05 Å². The van der Waals surface area contributed by atoms with Crippen molar-refractivity contribution in [2.75, 3.05) is 16.9 Å². The molecule has 10 heteroatoms. The highest BCUT2D eigenvalue weighted by atomic mass is 32.2. The molecule has 0 bridgehead atoms. The van der Waals surface area contributed by atoms with Crippen LogP contribution in [0.25, 0.3) is 22.2 Å². The zero-order valence-corrected chi connectivity index (χ0v) is 19.1. The van der Waals surface area contributed by atoms with Gasteiger partial charge in [0.1, 0.15) is 5.82 Å². The minimum Gasteiger partial charge on any atom is -0.308 e. The second-order valence-corrected chi connectivity index (χ2v) is 10.0. The summed E-state index contributed by atoms with van der Waals surface area (Å²) in [7, 11) is -1.52. The number of hydrogen-bond acceptors (Lipinski definition) is 5. The molecule has 0 spiro atoms. The number of fused-ring (bicyclic) bond motifs is 1. The molecule has 0 aliphatic carbocycles. The van der Waals surface area contributed by atoms with Crippen LogP contribution in [0.1, 0.15) is 11.3 Å². The molecule has 0 saturated carbocycles. The molecular formula is C23H22FN5O3S. The summed E-state index contributed by atoms with van der Waals surface area (Å²) in [6.45, 7) is 1.81. The van der Waals surface area contributed by atoms with E-state index in [2.05, 4.69) is 20.7 Å². The summed E-state index contributed by atoms with van der Waals surface area (Å²) < 4.78 is 39.1. The lowest BCUT2D eigenvalue weighted by Gasteiger charge is -2.11. The summed E-state index contributed by atoms with van der Waals surface area (Å²) in [5.41, 5.74) is 4.02. The lowest BCUT2D eigenvalue weighted by molar-refractivity contribution is 0.262. The fourth-order valence-electron chi connectivity index (χ4n) is 3.50. The van der Waals surface area contributed by atoms with Crippen LogP contribution < -0.4 is 10.6 Å². The van der Waals surface area contributed by atoms with E-state index in [1.807, 2.05) is 0 Å². The molecule has 2 aromatic heterocycles. The van der Waals surface area contributed by atoms with Gasteiger partial charge in [0, 0.05) is 24.4 Å². The lowest BCUT2D eigenvalue weighted by Crippen LogP contribution is -2.20. The fourth-order valence-corrected chi connectivity index (χ4v) is 4.19. The van der Waals surface area contributed by atoms with E-state index >= 15 is 0 Å². The SMILES string of the molecule is Cc1ccc(F)c(NC(=O)Nc2ccc(-c3cc(CS(C)(=O)=O)nc4c3cnn4C)cc2)c1. The molecule has 2 heterocycles. The van der Waals surface area contributed by atoms with Crippen LogP contribution in [0.5, 0.6) is 0 Å². The van der Waals surface area contributed by atoms with Crippen LogP contribution in [0.15, 0.2) is 54.7 Å². The summed E-state index contributed by atoms with van der Waals surface area (Å²) in [6, 6.07) is 12.7. The summed E-state index contributed by atoms with van der Waals surface area (Å²) in [6.07, 6.45) is 2.84. The van der Waals surface area contributed by atoms with Gasteiger partial charge in [-0.15, -0.1) is 0 Å². The first-order chi connectivity index (χ1) is 15.6. The zero-order valence-electron chi connectivity index (χ0n) is 18.3. The van der Waals surface area contributed by atoms with Crippen LogP contribution >= 0.6 is 0 Å². The number of rotatable bonds is 5. The number of nitrogens with one attached hydrogen (secondary N) is 2. The molecule has 0 radical (unpaired) electrons. The number of amides is 2. The molecule has 0 saturated heterocycles. The van der Waals surface area contributed by atoms with Gasteiger partial charge in [-0.2, -0.15) is 5.10 Å². The van der Waals surface area contributed by atoms with Gasteiger partial charge in [0.25, 0.3) is 0 Å². The van der Waals surface area contributed by atoms with Gasteiger partial charge < -0.3 is 10.6 Å². The van der Waals surface area contributed by atoms with Gasteiger partial charge in [-0.1, -0.05) is 18.2 Å². The Balaban J connectivity index is 1.59. The first kappa shape index (κ1) is 22.4. The third-order valence-corrected chi connectivity index (χ3v) is 5.81. The average molecular weight is 468 g/mol. The molecule has 0 atom stereocenters. The zero-order chi connectivity index (χ0) is 23.8. The summed E-state index contributed by atoms with van der Waals surface area (Å²) in [5.74, 6) is -0.703. The Kier molecular flexibility index (Phi) is 5.86. The third-order valence-electron chi connectivity index (χ3n) is 4.99. The molecular weight excluding hydrogens is 445 g/mol. The number of carbonyl (C=O) groups is 1. The van der Waals surface area contributed by atoms with Crippen molar-refractivity contribution in [2.45, 2.75) is 12.7 Å². The molecule has 170 valence electrons. The van der Waals surface area contributed by atoms with E-state index < -0.39 is 21.7 Å². The molecule has 2 amide bonds. The molecule has 0 aliphatic rings. The smallest absolute Gasteiger partial charge is 0.308 e. The van der Waals surface area contributed by atoms with E-state index in [9.17, 15) is 17.6 Å². The molecule has 0 unspecified atom stereocenters. The van der Waals surface area contributed by atoms with Gasteiger partial charge in [-0.3, -0.25) is 4.68 Å². The minimum atomic E-state index is -3.27. The van der Waals surface area contributed by atoms with Gasteiger partial charge in [0.05, 0.1) is 23.3 Å². The standard InChI is InChI=1S/C23H22FN5O3S/c1-14-4-9-20(24)21(10-14)28-23(30)27-16-7-5-15(6-8-16)18-11-17(13-33(3,31)32)26-22-19(18)12-25-29(22)2/h4-12H,13H2,1-3H3,(H2,27,28,30). The minimum absolute atomic E-state index is 0.0956. The Labute approximate surface area is 190 Å². The first-order valence-electron chi connectivity index (χ1n) is 10.0. The quantitative estimate of drug-likeness (QED) is 0.456. The molecule has 0 fully saturated rings.